The van der Waals surface area contributed by atoms with Crippen molar-refractivity contribution >= 4 is 44.8 Å². The number of sulfonamides is 1. The molecule has 3 aromatic carbocycles. The number of halogens is 1. The number of anilines is 1. The molecular formula is C26H27ClN4O6S. The summed E-state index contributed by atoms with van der Waals surface area (Å²) in [5, 5.41) is 14.5. The Morgan fingerprint density at radius 3 is 2.34 bits per heavy atom. The summed E-state index contributed by atoms with van der Waals surface area (Å²) in [6.45, 7) is 2.89. The molecule has 1 atom stereocenters. The van der Waals surface area contributed by atoms with Crippen molar-refractivity contribution in [1.29, 1.82) is 0 Å². The first kappa shape index (κ1) is 28.6. The number of hydrogen-bond donors (Lipinski definition) is 1. The lowest BCUT2D eigenvalue weighted by Crippen LogP contribution is -2.51. The van der Waals surface area contributed by atoms with Crippen molar-refractivity contribution < 1.29 is 22.9 Å². The van der Waals surface area contributed by atoms with Gasteiger partial charge in [-0.05, 0) is 49.7 Å². The molecule has 10 nitrogen and oxygen atoms in total. The van der Waals surface area contributed by atoms with E-state index in [2.05, 4.69) is 5.32 Å². The van der Waals surface area contributed by atoms with E-state index in [4.69, 9.17) is 11.6 Å². The summed E-state index contributed by atoms with van der Waals surface area (Å²) in [7, 11) is -4.32. The molecule has 0 saturated carbocycles. The van der Waals surface area contributed by atoms with Gasteiger partial charge in [-0.2, -0.15) is 0 Å². The van der Waals surface area contributed by atoms with Gasteiger partial charge in [0.2, 0.25) is 11.8 Å². The standard InChI is InChI=1S/C26H27ClN4O6S/c1-3-28-26(33)19(2)29(17-20-9-7-10-21(27)15-20)25(32)18-30(22-11-8-12-23(16-22)31(34)35)38(36,37)24-13-5-4-6-14-24/h4-16,19H,3,17-18H2,1-2H3,(H,28,33). The van der Waals surface area contributed by atoms with Crippen molar-refractivity contribution in [3.8, 4) is 0 Å². The molecule has 0 aliphatic heterocycles. The third-order valence-corrected chi connectivity index (χ3v) is 7.72. The molecule has 200 valence electrons. The van der Waals surface area contributed by atoms with Gasteiger partial charge in [-0.15, -0.1) is 0 Å². The van der Waals surface area contributed by atoms with Crippen LogP contribution in [0.4, 0.5) is 11.4 Å². The van der Waals surface area contributed by atoms with Crippen molar-refractivity contribution in [1.82, 2.24) is 10.2 Å². The molecule has 3 aromatic rings. The van der Waals surface area contributed by atoms with Gasteiger partial charge in [-0.1, -0.05) is 48.0 Å². The van der Waals surface area contributed by atoms with Crippen LogP contribution in [0.25, 0.3) is 0 Å². The third-order valence-electron chi connectivity index (χ3n) is 5.70. The van der Waals surface area contributed by atoms with Gasteiger partial charge in [-0.3, -0.25) is 24.0 Å². The SMILES string of the molecule is CCNC(=O)C(C)N(Cc1cccc(Cl)c1)C(=O)CN(c1cccc([N+](=O)[O-])c1)S(=O)(=O)c1ccccc1. The van der Waals surface area contributed by atoms with Gasteiger partial charge in [0.15, 0.2) is 0 Å². The van der Waals surface area contributed by atoms with Crippen LogP contribution in [0, 0.1) is 10.1 Å². The second kappa shape index (κ2) is 12.5. The van der Waals surface area contributed by atoms with E-state index < -0.39 is 39.3 Å². The summed E-state index contributed by atoms with van der Waals surface area (Å²) >= 11 is 6.11. The Morgan fingerprint density at radius 2 is 1.71 bits per heavy atom. The van der Waals surface area contributed by atoms with Gasteiger partial charge in [-0.25, -0.2) is 8.42 Å². The molecule has 0 saturated heterocycles. The summed E-state index contributed by atoms with van der Waals surface area (Å²) in [6.07, 6.45) is 0. The highest BCUT2D eigenvalue weighted by atomic mass is 35.5. The maximum absolute atomic E-state index is 13.7. The molecule has 0 aliphatic carbocycles. The monoisotopic (exact) mass is 558 g/mol. The smallest absolute Gasteiger partial charge is 0.271 e. The van der Waals surface area contributed by atoms with E-state index >= 15 is 0 Å². The van der Waals surface area contributed by atoms with Gasteiger partial charge in [0.25, 0.3) is 15.7 Å². The molecule has 2 amide bonds. The molecule has 1 unspecified atom stereocenters. The van der Waals surface area contributed by atoms with E-state index in [1.165, 1.54) is 54.3 Å². The van der Waals surface area contributed by atoms with E-state index in [-0.39, 0.29) is 22.8 Å². The molecule has 38 heavy (non-hydrogen) atoms. The number of nitrogens with one attached hydrogen (secondary N) is 1. The van der Waals surface area contributed by atoms with Crippen LogP contribution in [-0.4, -0.2) is 49.2 Å². The van der Waals surface area contributed by atoms with Crippen LogP contribution in [0.3, 0.4) is 0 Å². The number of likely N-dealkylation sites (N-methyl/N-ethyl adjacent to an activating group) is 1. The first-order valence-electron chi connectivity index (χ1n) is 11.7. The molecule has 12 heteroatoms. The lowest BCUT2D eigenvalue weighted by Gasteiger charge is -2.32. The Balaban J connectivity index is 2.06. The summed E-state index contributed by atoms with van der Waals surface area (Å²) in [6, 6.07) is 18.2. The van der Waals surface area contributed by atoms with Gasteiger partial charge in [0.1, 0.15) is 12.6 Å². The molecule has 3 rings (SSSR count). The number of carbonyl (C=O) groups is 2. The number of nitro groups is 1. The van der Waals surface area contributed by atoms with Crippen LogP contribution in [0.15, 0.2) is 83.8 Å². The number of benzene rings is 3. The molecular weight excluding hydrogens is 532 g/mol. The Labute approximate surface area is 226 Å². The zero-order chi connectivity index (χ0) is 27.9. The number of nitrogens with zero attached hydrogens (tertiary/aromatic N) is 3. The topological polar surface area (TPSA) is 130 Å². The van der Waals surface area contributed by atoms with Crippen LogP contribution in [0.2, 0.25) is 5.02 Å². The number of non-ortho nitro benzene ring substituents is 1. The minimum absolute atomic E-state index is 0.0220. The normalized spacial score (nSPS) is 11.9. The lowest BCUT2D eigenvalue weighted by molar-refractivity contribution is -0.384. The van der Waals surface area contributed by atoms with Crippen molar-refractivity contribution in [2.75, 3.05) is 17.4 Å². The third kappa shape index (κ3) is 6.87. The van der Waals surface area contributed by atoms with E-state index in [9.17, 15) is 28.1 Å². The van der Waals surface area contributed by atoms with Crippen LogP contribution < -0.4 is 9.62 Å². The Morgan fingerprint density at radius 1 is 1.03 bits per heavy atom. The Hall–Kier alpha value is -3.96. The summed E-state index contributed by atoms with van der Waals surface area (Å²) in [5.41, 5.74) is 0.231. The molecule has 0 bridgehead atoms. The fourth-order valence-corrected chi connectivity index (χ4v) is 5.39. The maximum atomic E-state index is 13.7. The van der Waals surface area contributed by atoms with Crippen LogP contribution in [-0.2, 0) is 26.2 Å². The fraction of sp³-hybridized carbons (Fsp3) is 0.231. The number of rotatable bonds is 11. The van der Waals surface area contributed by atoms with Crippen LogP contribution in [0.1, 0.15) is 19.4 Å². The zero-order valence-corrected chi connectivity index (χ0v) is 22.4. The summed E-state index contributed by atoms with van der Waals surface area (Å²) in [5.74, 6) is -1.11. The van der Waals surface area contributed by atoms with E-state index in [1.807, 2.05) is 0 Å². The lowest BCUT2D eigenvalue weighted by atomic mass is 10.1. The molecule has 0 aromatic heterocycles. The highest BCUT2D eigenvalue weighted by Crippen LogP contribution is 2.27. The fourth-order valence-electron chi connectivity index (χ4n) is 3.75. The predicted octanol–water partition coefficient (Wildman–Crippen LogP) is 4.00. The molecule has 0 aliphatic rings. The maximum Gasteiger partial charge on any atom is 0.271 e. The number of nitro benzene ring substituents is 1. The predicted molar refractivity (Wildman–Crippen MR) is 144 cm³/mol. The van der Waals surface area contributed by atoms with E-state index in [0.29, 0.717) is 17.1 Å². The van der Waals surface area contributed by atoms with Gasteiger partial charge >= 0.3 is 0 Å². The first-order valence-corrected chi connectivity index (χ1v) is 13.5. The molecule has 0 heterocycles. The Bertz CT molecular complexity index is 1420. The van der Waals surface area contributed by atoms with Crippen molar-refractivity contribution in [3.63, 3.8) is 0 Å². The highest BCUT2D eigenvalue weighted by Gasteiger charge is 2.33. The summed E-state index contributed by atoms with van der Waals surface area (Å²) < 4.78 is 28.2. The minimum atomic E-state index is -4.32. The molecule has 0 spiro atoms. The van der Waals surface area contributed by atoms with Gasteiger partial charge in [0, 0.05) is 30.2 Å². The van der Waals surface area contributed by atoms with Gasteiger partial charge in [0.05, 0.1) is 15.5 Å². The largest absolute Gasteiger partial charge is 0.355 e. The second-order valence-corrected chi connectivity index (χ2v) is 10.6. The molecule has 1 N–H and O–H groups in total. The van der Waals surface area contributed by atoms with Crippen LogP contribution >= 0.6 is 11.6 Å². The Kier molecular flexibility index (Phi) is 9.43. The average Bonchev–Trinajstić information content (AvgIpc) is 2.90. The molecule has 0 fully saturated rings. The van der Waals surface area contributed by atoms with E-state index in [1.54, 1.807) is 37.3 Å². The highest BCUT2D eigenvalue weighted by molar-refractivity contribution is 7.92. The number of carbonyl (C=O) groups excluding carboxylic acids is 2. The van der Waals surface area contributed by atoms with E-state index in [0.717, 1.165) is 10.4 Å². The van der Waals surface area contributed by atoms with Crippen molar-refractivity contribution in [2.24, 2.45) is 0 Å². The van der Waals surface area contributed by atoms with Crippen molar-refractivity contribution in [3.05, 3.63) is 99.6 Å². The zero-order valence-electron chi connectivity index (χ0n) is 20.8. The molecule has 0 radical (unpaired) electrons. The second-order valence-electron chi connectivity index (χ2n) is 8.32. The summed E-state index contributed by atoms with van der Waals surface area (Å²) in [4.78, 5) is 38.3. The first-order chi connectivity index (χ1) is 18.0. The van der Waals surface area contributed by atoms with Gasteiger partial charge < -0.3 is 10.2 Å². The average molecular weight is 559 g/mol. The number of hydrogen-bond acceptors (Lipinski definition) is 6. The minimum Gasteiger partial charge on any atom is -0.355 e. The number of amides is 2. The quantitative estimate of drug-likeness (QED) is 0.280. The van der Waals surface area contributed by atoms with Crippen molar-refractivity contribution in [2.45, 2.75) is 31.3 Å². The van der Waals surface area contributed by atoms with Crippen LogP contribution in [0.5, 0.6) is 0 Å².